The van der Waals surface area contributed by atoms with Crippen molar-refractivity contribution in [3.05, 3.63) is 39.9 Å². The van der Waals surface area contributed by atoms with Crippen molar-refractivity contribution in [2.75, 3.05) is 6.61 Å². The van der Waals surface area contributed by atoms with Crippen molar-refractivity contribution in [1.82, 2.24) is 0 Å². The van der Waals surface area contributed by atoms with Gasteiger partial charge in [-0.25, -0.2) is 4.79 Å². The summed E-state index contributed by atoms with van der Waals surface area (Å²) >= 11 is 3.36. The molecular weight excluding hydrogens is 294 g/mol. The minimum atomic E-state index is -0.568. The zero-order valence-electron chi connectivity index (χ0n) is 10.1. The fourth-order valence-corrected chi connectivity index (χ4v) is 1.67. The van der Waals surface area contributed by atoms with Gasteiger partial charge in [-0.1, -0.05) is 47.5 Å². The third-order valence-electron chi connectivity index (χ3n) is 2.28. The highest BCUT2D eigenvalue weighted by molar-refractivity contribution is 9.10. The van der Waals surface area contributed by atoms with Crippen LogP contribution in [0, 0.1) is 11.3 Å². The van der Waals surface area contributed by atoms with Gasteiger partial charge in [0.25, 0.3) is 0 Å². The molecule has 0 aliphatic rings. The maximum absolute atomic E-state index is 11.6. The Morgan fingerprint density at radius 3 is 2.83 bits per heavy atom. The van der Waals surface area contributed by atoms with Gasteiger partial charge in [0, 0.05) is 4.47 Å². The second kappa shape index (κ2) is 7.67. The number of esters is 1. The van der Waals surface area contributed by atoms with Crippen LogP contribution in [0.5, 0.6) is 0 Å². The standard InChI is InChI=1S/C14H14BrNO2/c1-2-3-8-18-14(17)12(10-16)9-11-6-4-5-7-13(11)15/h4-7,9H,2-3,8H2,1H3/b12-9-. The Morgan fingerprint density at radius 2 is 2.22 bits per heavy atom. The predicted octanol–water partition coefficient (Wildman–Crippen LogP) is 3.70. The zero-order chi connectivity index (χ0) is 13.4. The lowest BCUT2D eigenvalue weighted by Gasteiger charge is -2.03. The normalized spacial score (nSPS) is 10.8. The lowest BCUT2D eigenvalue weighted by molar-refractivity contribution is -0.138. The summed E-state index contributed by atoms with van der Waals surface area (Å²) in [5, 5.41) is 8.97. The van der Waals surface area contributed by atoms with Gasteiger partial charge in [0.15, 0.2) is 0 Å². The molecule has 0 bridgehead atoms. The van der Waals surface area contributed by atoms with Crippen LogP contribution in [-0.2, 0) is 9.53 Å². The number of nitrogens with zero attached hydrogens (tertiary/aromatic N) is 1. The van der Waals surface area contributed by atoms with Crippen molar-refractivity contribution in [1.29, 1.82) is 5.26 Å². The van der Waals surface area contributed by atoms with Gasteiger partial charge < -0.3 is 4.74 Å². The molecule has 0 aliphatic heterocycles. The molecule has 18 heavy (non-hydrogen) atoms. The molecule has 94 valence electrons. The maximum atomic E-state index is 11.6. The highest BCUT2D eigenvalue weighted by Crippen LogP contribution is 2.19. The van der Waals surface area contributed by atoms with Gasteiger partial charge in [-0.2, -0.15) is 5.26 Å². The summed E-state index contributed by atoms with van der Waals surface area (Å²) in [5.41, 5.74) is 0.791. The lowest BCUT2D eigenvalue weighted by Crippen LogP contribution is -2.07. The lowest BCUT2D eigenvalue weighted by atomic mass is 10.1. The number of nitriles is 1. The second-order valence-electron chi connectivity index (χ2n) is 3.68. The summed E-state index contributed by atoms with van der Waals surface area (Å²) < 4.78 is 5.84. The highest BCUT2D eigenvalue weighted by Gasteiger charge is 2.10. The first kappa shape index (κ1) is 14.5. The van der Waals surface area contributed by atoms with Crippen molar-refractivity contribution >= 4 is 28.0 Å². The van der Waals surface area contributed by atoms with E-state index in [1.165, 1.54) is 6.08 Å². The van der Waals surface area contributed by atoms with E-state index in [0.29, 0.717) is 6.61 Å². The molecular formula is C14H14BrNO2. The van der Waals surface area contributed by atoms with Crippen LogP contribution in [0.4, 0.5) is 0 Å². The molecule has 1 rings (SSSR count). The van der Waals surface area contributed by atoms with Gasteiger partial charge in [0.1, 0.15) is 11.6 Å². The summed E-state index contributed by atoms with van der Waals surface area (Å²) in [7, 11) is 0. The smallest absolute Gasteiger partial charge is 0.348 e. The van der Waals surface area contributed by atoms with Crippen LogP contribution in [0.15, 0.2) is 34.3 Å². The molecule has 0 radical (unpaired) electrons. The molecule has 0 amide bonds. The van der Waals surface area contributed by atoms with Crippen molar-refractivity contribution in [3.63, 3.8) is 0 Å². The molecule has 0 aliphatic carbocycles. The summed E-state index contributed by atoms with van der Waals surface area (Å²) in [6.07, 6.45) is 3.28. The van der Waals surface area contributed by atoms with E-state index in [9.17, 15) is 4.79 Å². The van der Waals surface area contributed by atoms with E-state index >= 15 is 0 Å². The average molecular weight is 308 g/mol. The molecule has 0 heterocycles. The van der Waals surface area contributed by atoms with Gasteiger partial charge in [0.05, 0.1) is 6.61 Å². The predicted molar refractivity (Wildman–Crippen MR) is 73.6 cm³/mol. The van der Waals surface area contributed by atoms with E-state index in [4.69, 9.17) is 10.00 Å². The number of carbonyl (C=O) groups is 1. The third kappa shape index (κ3) is 4.34. The van der Waals surface area contributed by atoms with Crippen molar-refractivity contribution in [2.45, 2.75) is 19.8 Å². The topological polar surface area (TPSA) is 50.1 Å². The number of ether oxygens (including phenoxy) is 1. The van der Waals surface area contributed by atoms with E-state index in [0.717, 1.165) is 22.9 Å². The van der Waals surface area contributed by atoms with Crippen LogP contribution >= 0.6 is 15.9 Å². The highest BCUT2D eigenvalue weighted by atomic mass is 79.9. The van der Waals surface area contributed by atoms with Crippen molar-refractivity contribution < 1.29 is 9.53 Å². The quantitative estimate of drug-likeness (QED) is 0.361. The number of rotatable bonds is 5. The number of halogens is 1. The Balaban J connectivity index is 2.81. The van der Waals surface area contributed by atoms with Gasteiger partial charge in [-0.05, 0) is 24.1 Å². The molecule has 0 unspecified atom stereocenters. The first-order valence-corrected chi connectivity index (χ1v) is 6.51. The van der Waals surface area contributed by atoms with Gasteiger partial charge >= 0.3 is 5.97 Å². The molecule has 0 saturated carbocycles. The van der Waals surface area contributed by atoms with Gasteiger partial charge in [0.2, 0.25) is 0 Å². The van der Waals surface area contributed by atoms with Crippen molar-refractivity contribution in [3.8, 4) is 6.07 Å². The molecule has 0 atom stereocenters. The Labute approximate surface area is 115 Å². The molecule has 0 N–H and O–H groups in total. The van der Waals surface area contributed by atoms with E-state index < -0.39 is 5.97 Å². The first-order valence-electron chi connectivity index (χ1n) is 5.72. The molecule has 1 aromatic carbocycles. The fraction of sp³-hybridized carbons (Fsp3) is 0.286. The molecule has 4 heteroatoms. The van der Waals surface area contributed by atoms with E-state index in [2.05, 4.69) is 15.9 Å². The van der Waals surface area contributed by atoms with Crippen LogP contribution in [0.25, 0.3) is 6.08 Å². The number of hydrogen-bond donors (Lipinski definition) is 0. The summed E-state index contributed by atoms with van der Waals surface area (Å²) in [6.45, 7) is 2.36. The number of unbranched alkanes of at least 4 members (excludes halogenated alkanes) is 1. The molecule has 0 spiro atoms. The average Bonchev–Trinajstić information content (AvgIpc) is 2.38. The van der Waals surface area contributed by atoms with Crippen LogP contribution < -0.4 is 0 Å². The fourth-order valence-electron chi connectivity index (χ4n) is 1.27. The van der Waals surface area contributed by atoms with E-state index in [1.54, 1.807) is 0 Å². The van der Waals surface area contributed by atoms with E-state index in [1.807, 2.05) is 37.3 Å². The zero-order valence-corrected chi connectivity index (χ0v) is 11.7. The van der Waals surface area contributed by atoms with Crippen LogP contribution in [0.1, 0.15) is 25.3 Å². The number of benzene rings is 1. The Hall–Kier alpha value is -1.60. The van der Waals surface area contributed by atoms with Crippen LogP contribution in [-0.4, -0.2) is 12.6 Å². The first-order chi connectivity index (χ1) is 8.69. The monoisotopic (exact) mass is 307 g/mol. The Bertz CT molecular complexity index is 489. The minimum absolute atomic E-state index is 0.0120. The second-order valence-corrected chi connectivity index (χ2v) is 4.54. The molecule has 0 saturated heterocycles. The maximum Gasteiger partial charge on any atom is 0.348 e. The van der Waals surface area contributed by atoms with Gasteiger partial charge in [-0.3, -0.25) is 0 Å². The summed E-state index contributed by atoms with van der Waals surface area (Å²) in [6, 6.07) is 9.25. The van der Waals surface area contributed by atoms with Crippen LogP contribution in [0.3, 0.4) is 0 Å². The summed E-state index contributed by atoms with van der Waals surface area (Å²) in [5.74, 6) is -0.568. The Kier molecular flexibility index (Phi) is 6.16. The summed E-state index contributed by atoms with van der Waals surface area (Å²) in [4.78, 5) is 11.6. The molecule has 3 nitrogen and oxygen atoms in total. The number of carbonyl (C=O) groups excluding carboxylic acids is 1. The minimum Gasteiger partial charge on any atom is -0.462 e. The van der Waals surface area contributed by atoms with Crippen molar-refractivity contribution in [2.24, 2.45) is 0 Å². The molecule has 1 aromatic rings. The molecule has 0 aromatic heterocycles. The van der Waals surface area contributed by atoms with Gasteiger partial charge in [-0.15, -0.1) is 0 Å². The third-order valence-corrected chi connectivity index (χ3v) is 3.00. The Morgan fingerprint density at radius 1 is 1.50 bits per heavy atom. The van der Waals surface area contributed by atoms with E-state index in [-0.39, 0.29) is 5.57 Å². The molecule has 0 fully saturated rings. The number of hydrogen-bond acceptors (Lipinski definition) is 3. The largest absolute Gasteiger partial charge is 0.462 e. The SMILES string of the molecule is CCCCOC(=O)/C(C#N)=C\c1ccccc1Br. The van der Waals surface area contributed by atoms with Crippen LogP contribution in [0.2, 0.25) is 0 Å².